The molecule has 0 aliphatic rings. The lowest BCUT2D eigenvalue weighted by molar-refractivity contribution is -0.166. The zero-order valence-electron chi connectivity index (χ0n) is 44.8. The maximum Gasteiger partial charge on any atom is 0.306 e. The van der Waals surface area contributed by atoms with Crippen LogP contribution in [-0.2, 0) is 28.6 Å². The van der Waals surface area contributed by atoms with E-state index in [2.05, 4.69) is 106 Å². The fourth-order valence-corrected chi connectivity index (χ4v) is 7.58. The molecular formula is C63H104O6. The lowest BCUT2D eigenvalue weighted by Gasteiger charge is -2.18. The number of unbranched alkanes of at least 4 members (excludes halogenated alkanes) is 21. The molecule has 6 heteroatoms. The molecule has 0 aliphatic carbocycles. The van der Waals surface area contributed by atoms with Crippen LogP contribution in [0.3, 0.4) is 0 Å². The first kappa shape index (κ1) is 65.1. The highest BCUT2D eigenvalue weighted by Gasteiger charge is 2.19. The first-order valence-corrected chi connectivity index (χ1v) is 28.4. The Kier molecular flexibility index (Phi) is 53.4. The number of esters is 3. The highest BCUT2D eigenvalue weighted by Crippen LogP contribution is 2.15. The van der Waals surface area contributed by atoms with E-state index < -0.39 is 12.1 Å². The third-order valence-corrected chi connectivity index (χ3v) is 11.8. The zero-order chi connectivity index (χ0) is 50.0. The fourth-order valence-electron chi connectivity index (χ4n) is 7.58. The largest absolute Gasteiger partial charge is 0.462 e. The summed E-state index contributed by atoms with van der Waals surface area (Å²) in [5, 5.41) is 0. The number of allylic oxidation sites excluding steroid dienone is 18. The predicted molar refractivity (Wildman–Crippen MR) is 297 cm³/mol. The van der Waals surface area contributed by atoms with Crippen LogP contribution in [0.2, 0.25) is 0 Å². The Morgan fingerprint density at radius 1 is 0.304 bits per heavy atom. The lowest BCUT2D eigenvalue weighted by atomic mass is 10.0. The van der Waals surface area contributed by atoms with Crippen molar-refractivity contribution in [3.63, 3.8) is 0 Å². The molecule has 0 heterocycles. The second-order valence-electron chi connectivity index (χ2n) is 18.4. The van der Waals surface area contributed by atoms with Crippen molar-refractivity contribution in [2.75, 3.05) is 13.2 Å². The molecule has 0 spiro atoms. The van der Waals surface area contributed by atoms with Gasteiger partial charge in [-0.1, -0.05) is 246 Å². The highest BCUT2D eigenvalue weighted by atomic mass is 16.6. The third-order valence-electron chi connectivity index (χ3n) is 11.8. The number of hydrogen-bond acceptors (Lipinski definition) is 6. The van der Waals surface area contributed by atoms with E-state index in [1.165, 1.54) is 128 Å². The number of rotatable bonds is 50. The molecule has 1 atom stereocenters. The van der Waals surface area contributed by atoms with Gasteiger partial charge in [0, 0.05) is 19.3 Å². The summed E-state index contributed by atoms with van der Waals surface area (Å²) in [6, 6.07) is 0. The molecule has 0 rings (SSSR count). The van der Waals surface area contributed by atoms with E-state index >= 15 is 0 Å². The minimum Gasteiger partial charge on any atom is -0.462 e. The van der Waals surface area contributed by atoms with Crippen LogP contribution < -0.4 is 0 Å². The predicted octanol–water partition coefficient (Wildman–Crippen LogP) is 19.1. The summed E-state index contributed by atoms with van der Waals surface area (Å²) in [4.78, 5) is 38.0. The van der Waals surface area contributed by atoms with Crippen molar-refractivity contribution in [3.8, 4) is 0 Å². The normalized spacial score (nSPS) is 12.9. The zero-order valence-corrected chi connectivity index (χ0v) is 44.8. The third kappa shape index (κ3) is 54.9. The molecule has 0 radical (unpaired) electrons. The van der Waals surface area contributed by atoms with E-state index in [9.17, 15) is 14.4 Å². The number of carbonyl (C=O) groups excluding carboxylic acids is 3. The van der Waals surface area contributed by atoms with Gasteiger partial charge in [0.15, 0.2) is 6.10 Å². The molecule has 0 aromatic carbocycles. The molecule has 1 unspecified atom stereocenters. The van der Waals surface area contributed by atoms with Crippen LogP contribution in [0.1, 0.15) is 252 Å². The van der Waals surface area contributed by atoms with Gasteiger partial charge in [-0.3, -0.25) is 14.4 Å². The molecule has 0 aromatic heterocycles. The maximum atomic E-state index is 12.8. The standard InChI is InChI=1S/C63H104O6/c1-4-7-10-13-16-19-22-25-26-27-28-29-30-31-32-33-34-35-36-39-41-44-47-50-53-56-62(65)68-59-60(69-63(66)57-54-51-48-45-42-38-24-21-18-15-12-9-6-3)58-67-61(64)55-52-49-46-43-40-37-23-20-17-14-11-8-5-2/h8-9,11-12,17-18,20-21,27-28,37-38,40,42,46,48-49,51,60H,4-7,10,13-16,19,22-26,29-36,39,41,43-45,47,50,52-59H2,1-3H3/b11-8-,12-9-,20-17-,21-18-,28-27-,40-37-,42-38-,49-46-,51-48-. The van der Waals surface area contributed by atoms with Gasteiger partial charge in [0.25, 0.3) is 0 Å². The van der Waals surface area contributed by atoms with Gasteiger partial charge in [0.05, 0.1) is 0 Å². The molecule has 0 saturated carbocycles. The molecule has 0 aliphatic heterocycles. The van der Waals surface area contributed by atoms with Gasteiger partial charge in [0.1, 0.15) is 13.2 Å². The van der Waals surface area contributed by atoms with Crippen molar-refractivity contribution in [3.05, 3.63) is 109 Å². The Hall–Kier alpha value is -3.93. The lowest BCUT2D eigenvalue weighted by Crippen LogP contribution is -2.30. The molecule has 392 valence electrons. The van der Waals surface area contributed by atoms with E-state index in [0.717, 1.165) is 70.6 Å². The van der Waals surface area contributed by atoms with Crippen LogP contribution >= 0.6 is 0 Å². The summed E-state index contributed by atoms with van der Waals surface area (Å²) in [6.45, 7) is 6.28. The van der Waals surface area contributed by atoms with E-state index in [-0.39, 0.29) is 38.0 Å². The first-order chi connectivity index (χ1) is 34.0. The fraction of sp³-hybridized carbons (Fsp3) is 0.667. The van der Waals surface area contributed by atoms with E-state index in [0.29, 0.717) is 19.3 Å². The summed E-state index contributed by atoms with van der Waals surface area (Å²) in [7, 11) is 0. The Bertz CT molecular complexity index is 1420. The van der Waals surface area contributed by atoms with Crippen LogP contribution in [0.4, 0.5) is 0 Å². The van der Waals surface area contributed by atoms with Crippen LogP contribution in [0.25, 0.3) is 0 Å². The first-order valence-electron chi connectivity index (χ1n) is 28.4. The molecule has 69 heavy (non-hydrogen) atoms. The van der Waals surface area contributed by atoms with Crippen LogP contribution in [-0.4, -0.2) is 37.2 Å². The SMILES string of the molecule is CC/C=C\C/C=C\C/C=C\C/C=C\CCC(=O)OCC(COC(=O)CCCCCCCCCCCCCCC/C=C\CCCCCCCCCC)OC(=O)CC/C=C\C/C=C\C/C=C\C/C=C\CC. The summed E-state index contributed by atoms with van der Waals surface area (Å²) in [5.74, 6) is -1.10. The van der Waals surface area contributed by atoms with Crippen LogP contribution in [0.5, 0.6) is 0 Å². The molecule has 0 N–H and O–H groups in total. The molecular weight excluding hydrogens is 853 g/mol. The minimum atomic E-state index is -0.846. The molecule has 6 nitrogen and oxygen atoms in total. The summed E-state index contributed by atoms with van der Waals surface area (Å²) < 4.78 is 16.7. The van der Waals surface area contributed by atoms with E-state index in [1.807, 2.05) is 24.3 Å². The minimum absolute atomic E-state index is 0.129. The van der Waals surface area contributed by atoms with Gasteiger partial charge in [-0.25, -0.2) is 0 Å². The van der Waals surface area contributed by atoms with Gasteiger partial charge in [-0.2, -0.15) is 0 Å². The second kappa shape index (κ2) is 56.7. The Morgan fingerprint density at radius 2 is 0.594 bits per heavy atom. The number of ether oxygens (including phenoxy) is 3. The maximum absolute atomic E-state index is 12.8. The molecule has 0 bridgehead atoms. The molecule has 0 fully saturated rings. The van der Waals surface area contributed by atoms with Crippen molar-refractivity contribution < 1.29 is 28.6 Å². The van der Waals surface area contributed by atoms with Crippen molar-refractivity contribution in [1.29, 1.82) is 0 Å². The molecule has 0 aromatic rings. The number of carbonyl (C=O) groups is 3. The second-order valence-corrected chi connectivity index (χ2v) is 18.4. The highest BCUT2D eigenvalue weighted by molar-refractivity contribution is 5.71. The average Bonchev–Trinajstić information content (AvgIpc) is 3.35. The van der Waals surface area contributed by atoms with Crippen molar-refractivity contribution >= 4 is 17.9 Å². The van der Waals surface area contributed by atoms with Crippen LogP contribution in [0, 0.1) is 0 Å². The Labute approximate surface area is 425 Å². The summed E-state index contributed by atoms with van der Waals surface area (Å²) in [5.41, 5.74) is 0. The molecule has 0 amide bonds. The summed E-state index contributed by atoms with van der Waals surface area (Å²) in [6.07, 6.45) is 77.0. The van der Waals surface area contributed by atoms with Crippen molar-refractivity contribution in [1.82, 2.24) is 0 Å². The number of hydrogen-bond donors (Lipinski definition) is 0. The van der Waals surface area contributed by atoms with Crippen LogP contribution in [0.15, 0.2) is 109 Å². The van der Waals surface area contributed by atoms with Gasteiger partial charge in [-0.05, 0) is 96.3 Å². The van der Waals surface area contributed by atoms with E-state index in [1.54, 1.807) is 0 Å². The topological polar surface area (TPSA) is 78.9 Å². The summed E-state index contributed by atoms with van der Waals surface area (Å²) >= 11 is 0. The monoisotopic (exact) mass is 957 g/mol. The smallest absolute Gasteiger partial charge is 0.306 e. The van der Waals surface area contributed by atoms with Crippen molar-refractivity contribution in [2.45, 2.75) is 258 Å². The quantitative estimate of drug-likeness (QED) is 0.0262. The van der Waals surface area contributed by atoms with Gasteiger partial charge < -0.3 is 14.2 Å². The van der Waals surface area contributed by atoms with Gasteiger partial charge in [0.2, 0.25) is 0 Å². The van der Waals surface area contributed by atoms with Gasteiger partial charge in [-0.15, -0.1) is 0 Å². The van der Waals surface area contributed by atoms with Gasteiger partial charge >= 0.3 is 17.9 Å². The van der Waals surface area contributed by atoms with E-state index in [4.69, 9.17) is 14.2 Å². The average molecular weight is 958 g/mol. The molecule has 0 saturated heterocycles. The van der Waals surface area contributed by atoms with Crippen molar-refractivity contribution in [2.24, 2.45) is 0 Å². The Balaban J connectivity index is 4.35. The Morgan fingerprint density at radius 3 is 0.971 bits per heavy atom.